The van der Waals surface area contributed by atoms with Crippen LogP contribution in [0.15, 0.2) is 42.5 Å². The number of anilines is 1. The zero-order valence-corrected chi connectivity index (χ0v) is 24.9. The maximum absolute atomic E-state index is 13.0. The van der Waals surface area contributed by atoms with Crippen LogP contribution in [-0.2, 0) is 31.0 Å². The molecule has 0 saturated heterocycles. The van der Waals surface area contributed by atoms with Crippen LogP contribution in [0.2, 0.25) is 0 Å². The second kappa shape index (κ2) is 13.7. The number of ether oxygens (including phenoxy) is 2. The van der Waals surface area contributed by atoms with Crippen molar-refractivity contribution in [3.8, 4) is 5.75 Å². The standard InChI is InChI=1S/C35H45NO6/c1-41-31-21-24(13-18-30(31)35(34(39)40)19-6-3-7-20-35)22-32(37)36-28-12-8-11-27(23-28)25-14-16-29(17-15-25)42-33(38)26-9-4-2-5-10-26/h8,11-13,18,21,23,25-26,29H,2-7,9-10,14-17,19-20,22H2,1H3,(H,36,37)(H,39,40). The number of nitrogens with one attached hydrogen (secondary N) is 1. The SMILES string of the molecule is COc1cc(CC(=O)Nc2cccc(C3CCC(OC(=O)C4CCCCC4)CC3)c2)ccc1C1(C(=O)O)CCCCC1. The highest BCUT2D eigenvalue weighted by Gasteiger charge is 2.43. The highest BCUT2D eigenvalue weighted by atomic mass is 16.5. The summed E-state index contributed by atoms with van der Waals surface area (Å²) >= 11 is 0. The third kappa shape index (κ3) is 6.99. The van der Waals surface area contributed by atoms with Crippen LogP contribution in [0.1, 0.15) is 112 Å². The highest BCUT2D eigenvalue weighted by Crippen LogP contribution is 2.44. The number of hydrogen-bond donors (Lipinski definition) is 2. The number of methoxy groups -OCH3 is 1. The van der Waals surface area contributed by atoms with Crippen LogP contribution in [0.25, 0.3) is 0 Å². The Bertz CT molecular complexity index is 1250. The lowest BCUT2D eigenvalue weighted by molar-refractivity contribution is -0.156. The summed E-state index contributed by atoms with van der Waals surface area (Å²) in [6.07, 6.45) is 13.3. The second-order valence-electron chi connectivity index (χ2n) is 12.6. The van der Waals surface area contributed by atoms with Gasteiger partial charge < -0.3 is 19.9 Å². The van der Waals surface area contributed by atoms with E-state index < -0.39 is 11.4 Å². The molecule has 2 aromatic carbocycles. The fourth-order valence-electron chi connectivity index (χ4n) is 7.37. The van der Waals surface area contributed by atoms with E-state index in [9.17, 15) is 19.5 Å². The van der Waals surface area contributed by atoms with E-state index in [0.717, 1.165) is 81.9 Å². The summed E-state index contributed by atoms with van der Waals surface area (Å²) in [5, 5.41) is 13.2. The molecule has 0 radical (unpaired) electrons. The van der Waals surface area contributed by atoms with E-state index in [0.29, 0.717) is 30.1 Å². The van der Waals surface area contributed by atoms with Crippen molar-refractivity contribution in [1.29, 1.82) is 0 Å². The molecule has 0 bridgehead atoms. The van der Waals surface area contributed by atoms with Gasteiger partial charge in [0.1, 0.15) is 11.9 Å². The molecule has 0 unspecified atom stereocenters. The normalized spacial score (nSPS) is 22.6. The molecule has 7 nitrogen and oxygen atoms in total. The average molecular weight is 576 g/mol. The molecule has 0 heterocycles. The third-order valence-electron chi connectivity index (χ3n) is 9.80. The number of amides is 1. The zero-order chi connectivity index (χ0) is 29.5. The third-order valence-corrected chi connectivity index (χ3v) is 9.80. The van der Waals surface area contributed by atoms with Crippen LogP contribution in [-0.4, -0.2) is 36.2 Å². The molecule has 3 saturated carbocycles. The Morgan fingerprint density at radius 1 is 0.881 bits per heavy atom. The van der Waals surface area contributed by atoms with Gasteiger partial charge in [0.25, 0.3) is 0 Å². The van der Waals surface area contributed by atoms with Gasteiger partial charge in [0.05, 0.1) is 24.9 Å². The largest absolute Gasteiger partial charge is 0.496 e. The summed E-state index contributed by atoms with van der Waals surface area (Å²) in [5.74, 6) is 0.0709. The van der Waals surface area contributed by atoms with Gasteiger partial charge in [-0.15, -0.1) is 0 Å². The van der Waals surface area contributed by atoms with Crippen LogP contribution in [0.3, 0.4) is 0 Å². The van der Waals surface area contributed by atoms with Gasteiger partial charge >= 0.3 is 11.9 Å². The number of carboxylic acids is 1. The second-order valence-corrected chi connectivity index (χ2v) is 12.6. The van der Waals surface area contributed by atoms with E-state index in [2.05, 4.69) is 17.4 Å². The van der Waals surface area contributed by atoms with Crippen molar-refractivity contribution in [2.45, 2.75) is 114 Å². The lowest BCUT2D eigenvalue weighted by atomic mass is 9.69. The molecule has 3 fully saturated rings. The Hall–Kier alpha value is -3.35. The maximum Gasteiger partial charge on any atom is 0.314 e. The van der Waals surface area contributed by atoms with E-state index in [4.69, 9.17) is 9.47 Å². The molecule has 2 N–H and O–H groups in total. The van der Waals surface area contributed by atoms with Gasteiger partial charge in [-0.3, -0.25) is 14.4 Å². The van der Waals surface area contributed by atoms with Crippen LogP contribution in [0.5, 0.6) is 5.75 Å². The van der Waals surface area contributed by atoms with Crippen molar-refractivity contribution in [2.24, 2.45) is 5.92 Å². The molecule has 3 aliphatic carbocycles. The van der Waals surface area contributed by atoms with E-state index >= 15 is 0 Å². The highest BCUT2D eigenvalue weighted by molar-refractivity contribution is 5.92. The maximum atomic E-state index is 13.0. The number of hydrogen-bond acceptors (Lipinski definition) is 5. The van der Waals surface area contributed by atoms with E-state index in [-0.39, 0.29) is 30.3 Å². The van der Waals surface area contributed by atoms with Crippen molar-refractivity contribution in [3.05, 3.63) is 59.2 Å². The number of rotatable bonds is 9. The molecule has 2 aromatic rings. The fraction of sp³-hybridized carbons (Fsp3) is 0.571. The first-order valence-corrected chi connectivity index (χ1v) is 15.9. The monoisotopic (exact) mass is 575 g/mol. The summed E-state index contributed by atoms with van der Waals surface area (Å²) in [7, 11) is 1.56. The van der Waals surface area contributed by atoms with Crippen LogP contribution in [0, 0.1) is 5.92 Å². The van der Waals surface area contributed by atoms with E-state index in [1.54, 1.807) is 7.11 Å². The van der Waals surface area contributed by atoms with Gasteiger partial charge in [-0.2, -0.15) is 0 Å². The molecule has 0 aliphatic heterocycles. The Balaban J connectivity index is 1.16. The summed E-state index contributed by atoms with van der Waals surface area (Å²) in [6.45, 7) is 0. The van der Waals surface area contributed by atoms with Crippen molar-refractivity contribution < 1.29 is 29.0 Å². The number of carbonyl (C=O) groups excluding carboxylic acids is 2. The van der Waals surface area contributed by atoms with Crippen molar-refractivity contribution >= 4 is 23.5 Å². The van der Waals surface area contributed by atoms with Gasteiger partial charge in [0, 0.05) is 11.3 Å². The predicted octanol–water partition coefficient (Wildman–Crippen LogP) is 7.31. The molecule has 7 heteroatoms. The summed E-state index contributed by atoms with van der Waals surface area (Å²) in [4.78, 5) is 37.9. The molecule has 0 aromatic heterocycles. The number of aliphatic carboxylic acids is 1. The molecule has 42 heavy (non-hydrogen) atoms. The molecule has 3 aliphatic rings. The average Bonchev–Trinajstić information content (AvgIpc) is 3.02. The van der Waals surface area contributed by atoms with Gasteiger partial charge in [0.15, 0.2) is 0 Å². The number of benzene rings is 2. The number of carbonyl (C=O) groups is 3. The van der Waals surface area contributed by atoms with Crippen molar-refractivity contribution in [1.82, 2.24) is 0 Å². The predicted molar refractivity (Wildman–Crippen MR) is 162 cm³/mol. The first-order chi connectivity index (χ1) is 20.4. The number of esters is 1. The fourth-order valence-corrected chi connectivity index (χ4v) is 7.37. The first kappa shape index (κ1) is 30.1. The minimum atomic E-state index is -0.930. The molecule has 0 atom stereocenters. The topological polar surface area (TPSA) is 102 Å². The minimum absolute atomic E-state index is 0.00509. The molecular formula is C35H45NO6. The van der Waals surface area contributed by atoms with Crippen molar-refractivity contribution in [3.63, 3.8) is 0 Å². The van der Waals surface area contributed by atoms with Crippen LogP contribution in [0.4, 0.5) is 5.69 Å². The first-order valence-electron chi connectivity index (χ1n) is 15.9. The van der Waals surface area contributed by atoms with Crippen LogP contribution >= 0.6 is 0 Å². The lowest BCUT2D eigenvalue weighted by Gasteiger charge is -2.34. The number of carboxylic acid groups (broad SMARTS) is 1. The minimum Gasteiger partial charge on any atom is -0.496 e. The smallest absolute Gasteiger partial charge is 0.314 e. The zero-order valence-electron chi connectivity index (χ0n) is 24.9. The Morgan fingerprint density at radius 2 is 1.60 bits per heavy atom. The van der Waals surface area contributed by atoms with E-state index in [1.165, 1.54) is 12.0 Å². The van der Waals surface area contributed by atoms with Gasteiger partial charge in [-0.25, -0.2) is 0 Å². The Morgan fingerprint density at radius 3 is 2.29 bits per heavy atom. The van der Waals surface area contributed by atoms with Gasteiger partial charge in [-0.05, 0) is 86.6 Å². The molecular weight excluding hydrogens is 530 g/mol. The van der Waals surface area contributed by atoms with Gasteiger partial charge in [0.2, 0.25) is 5.91 Å². The Kier molecular flexibility index (Phi) is 9.86. The van der Waals surface area contributed by atoms with E-state index in [1.807, 2.05) is 30.3 Å². The van der Waals surface area contributed by atoms with Gasteiger partial charge in [-0.1, -0.05) is 62.8 Å². The van der Waals surface area contributed by atoms with Crippen molar-refractivity contribution in [2.75, 3.05) is 12.4 Å². The Labute approximate surface area is 249 Å². The molecule has 0 spiro atoms. The quantitative estimate of drug-likeness (QED) is 0.304. The van der Waals surface area contributed by atoms with Crippen LogP contribution < -0.4 is 10.1 Å². The lowest BCUT2D eigenvalue weighted by Crippen LogP contribution is -2.38. The summed E-state index contributed by atoms with van der Waals surface area (Å²) < 4.78 is 11.5. The summed E-state index contributed by atoms with van der Waals surface area (Å²) in [5.41, 5.74) is 2.51. The molecule has 5 rings (SSSR count). The summed E-state index contributed by atoms with van der Waals surface area (Å²) in [6, 6.07) is 13.6. The molecule has 1 amide bonds. The molecule has 226 valence electrons.